The van der Waals surface area contributed by atoms with E-state index in [0.717, 1.165) is 55.2 Å². The van der Waals surface area contributed by atoms with Crippen LogP contribution < -0.4 is 9.64 Å². The zero-order chi connectivity index (χ0) is 34.7. The van der Waals surface area contributed by atoms with E-state index in [9.17, 15) is 22.4 Å². The van der Waals surface area contributed by atoms with Gasteiger partial charge in [0.1, 0.15) is 17.2 Å². The van der Waals surface area contributed by atoms with Crippen molar-refractivity contribution in [3.63, 3.8) is 0 Å². The Labute approximate surface area is 281 Å². The van der Waals surface area contributed by atoms with Gasteiger partial charge < -0.3 is 19.4 Å². The van der Waals surface area contributed by atoms with Gasteiger partial charge in [-0.3, -0.25) is 9.89 Å². The van der Waals surface area contributed by atoms with Gasteiger partial charge in [-0.15, -0.1) is 0 Å². The zero-order valence-corrected chi connectivity index (χ0v) is 27.7. The molecule has 3 saturated heterocycles. The molecule has 9 nitrogen and oxygen atoms in total. The Morgan fingerprint density at radius 3 is 2.47 bits per heavy atom. The molecule has 0 radical (unpaired) electrons. The number of carbonyl (C=O) groups is 1. The van der Waals surface area contributed by atoms with Gasteiger partial charge in [0.25, 0.3) is 5.91 Å². The molecule has 0 unspecified atom stereocenters. The molecular weight excluding hydrogens is 638 g/mol. The van der Waals surface area contributed by atoms with Crippen LogP contribution in [0.25, 0.3) is 39.0 Å². The highest BCUT2D eigenvalue weighted by atomic mass is 19.4. The second-order valence-corrected chi connectivity index (χ2v) is 13.8. The monoisotopic (exact) mass is 677 g/mol. The number of benzene rings is 2. The number of aryl methyl sites for hydroxylation is 1. The van der Waals surface area contributed by atoms with E-state index in [2.05, 4.69) is 40.2 Å². The summed E-state index contributed by atoms with van der Waals surface area (Å²) >= 11 is 0. The van der Waals surface area contributed by atoms with Crippen LogP contribution in [0, 0.1) is 12.3 Å². The van der Waals surface area contributed by atoms with Gasteiger partial charge >= 0.3 is 6.18 Å². The zero-order valence-electron chi connectivity index (χ0n) is 27.7. The third-order valence-corrected chi connectivity index (χ3v) is 10.4. The number of hydrogen-bond donors (Lipinski definition) is 1. The first-order chi connectivity index (χ1) is 23.4. The Kier molecular flexibility index (Phi) is 8.36. The fraction of sp³-hybridized carbons (Fsp3) is 0.444. The summed E-state index contributed by atoms with van der Waals surface area (Å²) in [6.45, 7) is 11.5. The molecule has 3 aliphatic heterocycles. The molecule has 0 atom stereocenters. The number of hydrogen-bond acceptors (Lipinski definition) is 7. The van der Waals surface area contributed by atoms with E-state index in [0.29, 0.717) is 65.4 Å². The van der Waals surface area contributed by atoms with Crippen LogP contribution in [0.2, 0.25) is 0 Å². The number of likely N-dealkylation sites (tertiary alicyclic amines) is 2. The van der Waals surface area contributed by atoms with Gasteiger partial charge in [-0.05, 0) is 81.6 Å². The Balaban J connectivity index is 1.39. The molecule has 0 saturated carbocycles. The van der Waals surface area contributed by atoms with Crippen molar-refractivity contribution in [2.75, 3.05) is 57.8 Å². The number of rotatable bonds is 7. The van der Waals surface area contributed by atoms with Gasteiger partial charge in [-0.2, -0.15) is 18.3 Å². The van der Waals surface area contributed by atoms with Crippen LogP contribution in [0.4, 0.5) is 23.4 Å². The van der Waals surface area contributed by atoms with Gasteiger partial charge in [0, 0.05) is 53.8 Å². The molecule has 0 aliphatic carbocycles. The normalized spacial score (nSPS) is 18.7. The summed E-state index contributed by atoms with van der Waals surface area (Å²) < 4.78 is 61.0. The maximum atomic E-state index is 13.9. The molecular formula is C36H39F4N7O2. The standard InChI is InChI=1S/C36H39F4N7O2/c1-5-23-16-25-30(31(49-20-36(38,39)40)29(23)28-21(2)6-7-27-26(28)17-41-44-27)42-32(24-8-12-45(4)13-9-24)43-33(25)46-14-10-35(11-15-46)18-47(19-35)34(48)22(3)37/h5-7,16-17,24H,1,3,8-15,18-20H2,2,4H3,(H,41,44). The van der Waals surface area contributed by atoms with E-state index in [1.54, 1.807) is 12.3 Å². The van der Waals surface area contributed by atoms with Crippen molar-refractivity contribution in [1.29, 1.82) is 0 Å². The molecule has 1 N–H and O–H groups in total. The topological polar surface area (TPSA) is 90.5 Å². The molecule has 1 spiro atoms. The van der Waals surface area contributed by atoms with Crippen LogP contribution in [0.1, 0.15) is 48.6 Å². The fourth-order valence-electron chi connectivity index (χ4n) is 7.71. The average molecular weight is 678 g/mol. The summed E-state index contributed by atoms with van der Waals surface area (Å²) in [5, 5.41) is 8.51. The maximum Gasteiger partial charge on any atom is 0.422 e. The summed E-state index contributed by atoms with van der Waals surface area (Å²) in [6, 6.07) is 5.70. The van der Waals surface area contributed by atoms with Gasteiger partial charge in [-0.1, -0.05) is 25.3 Å². The number of amides is 1. The van der Waals surface area contributed by atoms with E-state index >= 15 is 0 Å². The highest BCUT2D eigenvalue weighted by molar-refractivity contribution is 6.07. The van der Waals surface area contributed by atoms with Crippen molar-refractivity contribution < 1.29 is 27.1 Å². The number of aromatic nitrogens is 4. The van der Waals surface area contributed by atoms with E-state index in [-0.39, 0.29) is 17.1 Å². The number of carbonyl (C=O) groups excluding carboxylic acids is 1. The first-order valence-electron chi connectivity index (χ1n) is 16.6. The van der Waals surface area contributed by atoms with Gasteiger partial charge in [0.15, 0.2) is 18.2 Å². The maximum absolute atomic E-state index is 13.9. The van der Waals surface area contributed by atoms with E-state index in [1.165, 1.54) is 4.90 Å². The number of H-pyrrole nitrogens is 1. The Bertz CT molecular complexity index is 1950. The Hall–Kier alpha value is -4.52. The first-order valence-corrected chi connectivity index (χ1v) is 16.6. The predicted octanol–water partition coefficient (Wildman–Crippen LogP) is 6.79. The van der Waals surface area contributed by atoms with E-state index in [1.807, 2.05) is 25.1 Å². The molecule has 7 rings (SSSR count). The smallest absolute Gasteiger partial charge is 0.422 e. The lowest BCUT2D eigenvalue weighted by Crippen LogP contribution is -2.62. The highest BCUT2D eigenvalue weighted by Crippen LogP contribution is 2.48. The quantitative estimate of drug-likeness (QED) is 0.170. The molecule has 2 aromatic carbocycles. The summed E-state index contributed by atoms with van der Waals surface area (Å²) in [5.41, 5.74) is 3.54. The highest BCUT2D eigenvalue weighted by Gasteiger charge is 2.47. The average Bonchev–Trinajstić information content (AvgIpc) is 3.54. The first kappa shape index (κ1) is 33.0. The second-order valence-electron chi connectivity index (χ2n) is 13.8. The summed E-state index contributed by atoms with van der Waals surface area (Å²) in [4.78, 5) is 28.2. The Morgan fingerprint density at radius 2 is 1.82 bits per heavy atom. The van der Waals surface area contributed by atoms with Gasteiger partial charge in [0.05, 0.1) is 11.7 Å². The summed E-state index contributed by atoms with van der Waals surface area (Å²) in [5.74, 6) is -0.340. The molecule has 3 aliphatic rings. The minimum absolute atomic E-state index is 0.0209. The van der Waals surface area contributed by atoms with Crippen LogP contribution in [0.5, 0.6) is 5.75 Å². The van der Waals surface area contributed by atoms with Crippen molar-refractivity contribution in [2.45, 2.75) is 44.7 Å². The van der Waals surface area contributed by atoms with E-state index in [4.69, 9.17) is 14.7 Å². The van der Waals surface area contributed by atoms with Crippen LogP contribution in [-0.2, 0) is 4.79 Å². The number of fused-ring (bicyclic) bond motifs is 2. The van der Waals surface area contributed by atoms with Crippen molar-refractivity contribution in [2.24, 2.45) is 5.41 Å². The molecule has 0 bridgehead atoms. The second kappa shape index (κ2) is 12.4. The fourth-order valence-corrected chi connectivity index (χ4v) is 7.71. The summed E-state index contributed by atoms with van der Waals surface area (Å²) in [7, 11) is 2.07. The number of nitrogens with one attached hydrogen (secondary N) is 1. The Morgan fingerprint density at radius 1 is 1.10 bits per heavy atom. The number of aromatic amines is 1. The van der Waals surface area contributed by atoms with Gasteiger partial charge in [0.2, 0.25) is 0 Å². The van der Waals surface area contributed by atoms with Crippen LogP contribution in [0.15, 0.2) is 43.4 Å². The number of alkyl halides is 3. The predicted molar refractivity (Wildman–Crippen MR) is 181 cm³/mol. The van der Waals surface area contributed by atoms with Crippen molar-refractivity contribution >= 4 is 39.6 Å². The number of ether oxygens (including phenoxy) is 1. The molecule has 3 fully saturated rings. The third-order valence-electron chi connectivity index (χ3n) is 10.4. The number of halogens is 4. The molecule has 2 aromatic heterocycles. The van der Waals surface area contributed by atoms with E-state index < -0.39 is 24.5 Å². The third kappa shape index (κ3) is 6.13. The number of piperidine rings is 2. The SMILES string of the molecule is C=Cc1cc2c(N3CCC4(CC3)CN(C(=O)C(=C)F)C4)nc(C3CCN(C)CC3)nc2c(OCC(F)(F)F)c1-c1c(C)ccc2[nH]ncc12. The lowest BCUT2D eigenvalue weighted by atomic mass is 9.72. The molecule has 49 heavy (non-hydrogen) atoms. The lowest BCUT2D eigenvalue weighted by Gasteiger charge is -2.54. The van der Waals surface area contributed by atoms with Crippen molar-refractivity contribution in [1.82, 2.24) is 30.0 Å². The van der Waals surface area contributed by atoms with Crippen LogP contribution in [0.3, 0.4) is 0 Å². The molecule has 258 valence electrons. The molecule has 4 aromatic rings. The lowest BCUT2D eigenvalue weighted by molar-refractivity contribution is -0.153. The number of anilines is 1. The minimum atomic E-state index is -4.59. The van der Waals surface area contributed by atoms with Crippen LogP contribution >= 0.6 is 0 Å². The largest absolute Gasteiger partial charge is 0.481 e. The molecule has 1 amide bonds. The summed E-state index contributed by atoms with van der Waals surface area (Å²) in [6.07, 6.45) is 1.83. The molecule has 13 heteroatoms. The van der Waals surface area contributed by atoms with Gasteiger partial charge in [-0.25, -0.2) is 14.4 Å². The number of nitrogens with zero attached hydrogens (tertiary/aromatic N) is 6. The minimum Gasteiger partial charge on any atom is -0.481 e. The van der Waals surface area contributed by atoms with Crippen LogP contribution in [-0.4, -0.2) is 95.0 Å². The van der Waals surface area contributed by atoms with Crippen molar-refractivity contribution in [3.8, 4) is 16.9 Å². The molecule has 5 heterocycles. The van der Waals surface area contributed by atoms with Crippen molar-refractivity contribution in [3.05, 3.63) is 60.3 Å².